The van der Waals surface area contributed by atoms with E-state index < -0.39 is 0 Å². The minimum absolute atomic E-state index is 0.0907. The molecule has 3 rings (SSSR count). The Kier molecular flexibility index (Phi) is 2.64. The van der Waals surface area contributed by atoms with Gasteiger partial charge < -0.3 is 10.3 Å². The number of aromatic amines is 1. The van der Waals surface area contributed by atoms with Gasteiger partial charge in [0.15, 0.2) is 0 Å². The van der Waals surface area contributed by atoms with Gasteiger partial charge in [0.05, 0.1) is 11.7 Å². The van der Waals surface area contributed by atoms with E-state index >= 15 is 0 Å². The number of hydrogen-bond acceptors (Lipinski definition) is 4. The van der Waals surface area contributed by atoms with Gasteiger partial charge in [-0.2, -0.15) is 0 Å². The number of nitrogens with zero attached hydrogens (tertiary/aromatic N) is 3. The van der Waals surface area contributed by atoms with Gasteiger partial charge in [-0.25, -0.2) is 15.0 Å². The number of fused-ring (bicyclic) bond motifs is 1. The van der Waals surface area contributed by atoms with E-state index in [1.807, 2.05) is 37.4 Å². The summed E-state index contributed by atoms with van der Waals surface area (Å²) in [6.45, 7) is 2.04. The van der Waals surface area contributed by atoms with Gasteiger partial charge >= 0.3 is 0 Å². The molecule has 1 atom stereocenters. The van der Waals surface area contributed by atoms with E-state index in [4.69, 9.17) is 0 Å². The Bertz CT molecular complexity index is 647. The first kappa shape index (κ1) is 10.7. The summed E-state index contributed by atoms with van der Waals surface area (Å²) in [5.41, 5.74) is 1.83. The van der Waals surface area contributed by atoms with Crippen molar-refractivity contribution >= 4 is 16.9 Å². The van der Waals surface area contributed by atoms with Crippen LogP contribution in [0, 0.1) is 0 Å². The highest BCUT2D eigenvalue weighted by Gasteiger charge is 2.07. The monoisotopic (exact) mass is 239 g/mol. The molecule has 5 nitrogen and oxygen atoms in total. The summed E-state index contributed by atoms with van der Waals surface area (Å²) >= 11 is 0. The third-order valence-electron chi connectivity index (χ3n) is 2.82. The van der Waals surface area contributed by atoms with Crippen molar-refractivity contribution in [2.75, 3.05) is 5.32 Å². The van der Waals surface area contributed by atoms with Crippen molar-refractivity contribution in [3.05, 3.63) is 48.7 Å². The fourth-order valence-corrected chi connectivity index (χ4v) is 1.86. The number of nitrogens with one attached hydrogen (secondary N) is 2. The largest absolute Gasteiger partial charge is 0.362 e. The fraction of sp³-hybridized carbons (Fsp3) is 0.154. The van der Waals surface area contributed by atoms with Crippen LogP contribution < -0.4 is 5.32 Å². The molecule has 5 heteroatoms. The van der Waals surface area contributed by atoms with Crippen LogP contribution in [0.5, 0.6) is 0 Å². The summed E-state index contributed by atoms with van der Waals surface area (Å²) in [5.74, 6) is 0.830. The maximum absolute atomic E-state index is 4.49. The zero-order valence-electron chi connectivity index (χ0n) is 9.96. The second kappa shape index (κ2) is 4.44. The molecule has 0 aliphatic heterocycles. The van der Waals surface area contributed by atoms with Crippen LogP contribution in [0.4, 0.5) is 5.82 Å². The van der Waals surface area contributed by atoms with E-state index in [0.29, 0.717) is 0 Å². The molecular formula is C13H13N5. The van der Waals surface area contributed by atoms with Gasteiger partial charge in [0.2, 0.25) is 0 Å². The van der Waals surface area contributed by atoms with E-state index in [1.165, 1.54) is 0 Å². The molecule has 0 radical (unpaired) electrons. The number of pyridine rings is 1. The molecule has 3 heterocycles. The van der Waals surface area contributed by atoms with E-state index in [9.17, 15) is 0 Å². The average molecular weight is 239 g/mol. The highest BCUT2D eigenvalue weighted by molar-refractivity contribution is 5.77. The molecule has 2 N–H and O–H groups in total. The predicted octanol–water partition coefficient (Wildman–Crippen LogP) is 2.53. The topological polar surface area (TPSA) is 66.5 Å². The van der Waals surface area contributed by atoms with Crippen LogP contribution >= 0.6 is 0 Å². The standard InChI is InChI=1S/C13H13N5/c1-9(11-5-6-14-8-16-11)17-12-3-2-10-4-7-15-13(10)18-12/h2-9H,1H3,(H2,15,17,18)/t9-/m1/s1. The third-order valence-corrected chi connectivity index (χ3v) is 2.82. The van der Waals surface area contributed by atoms with Crippen molar-refractivity contribution in [2.45, 2.75) is 13.0 Å². The predicted molar refractivity (Wildman–Crippen MR) is 70.2 cm³/mol. The molecule has 0 amide bonds. The highest BCUT2D eigenvalue weighted by atomic mass is 15.0. The number of H-pyrrole nitrogens is 1. The molecule has 3 aromatic heterocycles. The Balaban J connectivity index is 1.83. The third kappa shape index (κ3) is 2.02. The Morgan fingerprint density at radius 1 is 1.22 bits per heavy atom. The molecule has 0 aliphatic rings. The van der Waals surface area contributed by atoms with Crippen LogP contribution in [-0.4, -0.2) is 19.9 Å². The Morgan fingerprint density at radius 3 is 3.00 bits per heavy atom. The first-order valence-electron chi connectivity index (χ1n) is 5.79. The van der Waals surface area contributed by atoms with E-state index in [0.717, 1.165) is 22.5 Å². The molecule has 0 unspecified atom stereocenters. The number of aromatic nitrogens is 4. The fourth-order valence-electron chi connectivity index (χ4n) is 1.86. The summed E-state index contributed by atoms with van der Waals surface area (Å²) in [5, 5.41) is 4.43. The normalized spacial score (nSPS) is 12.5. The zero-order chi connectivity index (χ0) is 12.4. The Labute approximate surface area is 104 Å². The van der Waals surface area contributed by atoms with Crippen LogP contribution in [0.25, 0.3) is 11.0 Å². The molecule has 3 aromatic rings. The molecule has 0 saturated heterocycles. The van der Waals surface area contributed by atoms with Gasteiger partial charge in [0, 0.05) is 17.8 Å². The van der Waals surface area contributed by atoms with Crippen LogP contribution in [-0.2, 0) is 0 Å². The summed E-state index contributed by atoms with van der Waals surface area (Å²) in [6, 6.07) is 7.99. The van der Waals surface area contributed by atoms with Gasteiger partial charge in [-0.3, -0.25) is 0 Å². The summed E-state index contributed by atoms with van der Waals surface area (Å²) in [6.07, 6.45) is 5.17. The van der Waals surface area contributed by atoms with Crippen molar-refractivity contribution in [3.63, 3.8) is 0 Å². The minimum atomic E-state index is 0.0907. The number of hydrogen-bond donors (Lipinski definition) is 2. The average Bonchev–Trinajstić information content (AvgIpc) is 2.87. The minimum Gasteiger partial charge on any atom is -0.362 e. The maximum atomic E-state index is 4.49. The van der Waals surface area contributed by atoms with Gasteiger partial charge in [-0.15, -0.1) is 0 Å². The van der Waals surface area contributed by atoms with Crippen molar-refractivity contribution in [1.82, 2.24) is 19.9 Å². The second-order valence-corrected chi connectivity index (χ2v) is 4.11. The molecule has 90 valence electrons. The molecule has 18 heavy (non-hydrogen) atoms. The Morgan fingerprint density at radius 2 is 2.17 bits per heavy atom. The van der Waals surface area contributed by atoms with E-state index in [1.54, 1.807) is 12.5 Å². The SMILES string of the molecule is C[C@@H](Nc1ccc2cc[nH]c2n1)c1ccncn1. The molecule has 0 aliphatic carbocycles. The lowest BCUT2D eigenvalue weighted by Gasteiger charge is -2.13. The quantitative estimate of drug-likeness (QED) is 0.737. The summed E-state index contributed by atoms with van der Waals surface area (Å²) < 4.78 is 0. The Hall–Kier alpha value is -2.43. The lowest BCUT2D eigenvalue weighted by molar-refractivity contribution is 0.824. The highest BCUT2D eigenvalue weighted by Crippen LogP contribution is 2.18. The van der Waals surface area contributed by atoms with Gasteiger partial charge in [-0.1, -0.05) is 0 Å². The molecule has 0 saturated carbocycles. The summed E-state index contributed by atoms with van der Waals surface area (Å²) in [7, 11) is 0. The number of rotatable bonds is 3. The lowest BCUT2D eigenvalue weighted by atomic mass is 10.2. The van der Waals surface area contributed by atoms with Crippen molar-refractivity contribution in [2.24, 2.45) is 0 Å². The van der Waals surface area contributed by atoms with E-state index in [2.05, 4.69) is 25.3 Å². The van der Waals surface area contributed by atoms with E-state index in [-0.39, 0.29) is 6.04 Å². The molecule has 0 fully saturated rings. The zero-order valence-corrected chi connectivity index (χ0v) is 9.96. The van der Waals surface area contributed by atoms with Crippen molar-refractivity contribution < 1.29 is 0 Å². The molecule has 0 bridgehead atoms. The van der Waals surface area contributed by atoms with Gasteiger partial charge in [-0.05, 0) is 31.2 Å². The molecule has 0 aromatic carbocycles. The molecule has 0 spiro atoms. The first-order chi connectivity index (χ1) is 8.83. The first-order valence-corrected chi connectivity index (χ1v) is 5.79. The van der Waals surface area contributed by atoms with Crippen LogP contribution in [0.15, 0.2) is 43.0 Å². The summed E-state index contributed by atoms with van der Waals surface area (Å²) in [4.78, 5) is 15.7. The van der Waals surface area contributed by atoms with Crippen LogP contribution in [0.1, 0.15) is 18.7 Å². The lowest BCUT2D eigenvalue weighted by Crippen LogP contribution is -2.09. The smallest absolute Gasteiger partial charge is 0.139 e. The van der Waals surface area contributed by atoms with Gasteiger partial charge in [0.25, 0.3) is 0 Å². The van der Waals surface area contributed by atoms with Crippen molar-refractivity contribution in [3.8, 4) is 0 Å². The van der Waals surface area contributed by atoms with Crippen LogP contribution in [0.2, 0.25) is 0 Å². The number of anilines is 1. The molecular weight excluding hydrogens is 226 g/mol. The maximum Gasteiger partial charge on any atom is 0.139 e. The van der Waals surface area contributed by atoms with Crippen LogP contribution in [0.3, 0.4) is 0 Å². The van der Waals surface area contributed by atoms with Crippen molar-refractivity contribution in [1.29, 1.82) is 0 Å². The van der Waals surface area contributed by atoms with Gasteiger partial charge in [0.1, 0.15) is 17.8 Å². The second-order valence-electron chi connectivity index (χ2n) is 4.11.